The van der Waals surface area contributed by atoms with Gasteiger partial charge in [-0.25, -0.2) is 9.07 Å². The molecule has 1 saturated heterocycles. The highest BCUT2D eigenvalue weighted by Gasteiger charge is 2.35. The monoisotopic (exact) mass is 390 g/mol. The minimum atomic E-state index is -0.310. The smallest absolute Gasteiger partial charge is 0.257 e. The lowest BCUT2D eigenvalue weighted by Crippen LogP contribution is -2.31. The third-order valence-electron chi connectivity index (χ3n) is 5.46. The van der Waals surface area contributed by atoms with Crippen LogP contribution in [0.5, 0.6) is 0 Å². The fraction of sp³-hybridized carbons (Fsp3) is 0.238. The van der Waals surface area contributed by atoms with Crippen LogP contribution in [0.25, 0.3) is 11.3 Å². The minimum Gasteiger partial charge on any atom is -0.328 e. The molecule has 0 bridgehead atoms. The maximum atomic E-state index is 13.4. The maximum Gasteiger partial charge on any atom is 0.257 e. The third-order valence-corrected chi connectivity index (χ3v) is 5.46. The number of fused-ring (bicyclic) bond motifs is 1. The van der Waals surface area contributed by atoms with E-state index in [4.69, 9.17) is 0 Å². The van der Waals surface area contributed by atoms with Crippen LogP contribution >= 0.6 is 0 Å². The molecule has 1 fully saturated rings. The number of rotatable bonds is 3. The van der Waals surface area contributed by atoms with Crippen LogP contribution in [-0.4, -0.2) is 41.7 Å². The van der Waals surface area contributed by atoms with Gasteiger partial charge in [0.25, 0.3) is 5.91 Å². The molecule has 0 unspecified atom stereocenters. The van der Waals surface area contributed by atoms with Gasteiger partial charge in [0.15, 0.2) is 11.5 Å². The highest BCUT2D eigenvalue weighted by atomic mass is 19.1. The number of halogens is 1. The van der Waals surface area contributed by atoms with Crippen molar-refractivity contribution in [2.24, 2.45) is 0 Å². The molecule has 7 nitrogen and oxygen atoms in total. The Labute approximate surface area is 166 Å². The fourth-order valence-electron chi connectivity index (χ4n) is 3.98. The minimum absolute atomic E-state index is 0.0777. The van der Waals surface area contributed by atoms with E-state index < -0.39 is 0 Å². The topological polar surface area (TPSA) is 68.3 Å². The summed E-state index contributed by atoms with van der Waals surface area (Å²) < 4.78 is 16.8. The Hall–Kier alpha value is -3.55. The van der Waals surface area contributed by atoms with E-state index in [-0.39, 0.29) is 17.8 Å². The third kappa shape index (κ3) is 2.88. The van der Waals surface area contributed by atoms with Crippen molar-refractivity contribution in [3.05, 3.63) is 77.8 Å². The van der Waals surface area contributed by atoms with Gasteiger partial charge >= 0.3 is 0 Å². The van der Waals surface area contributed by atoms with Crippen LogP contribution in [0.3, 0.4) is 0 Å². The molecule has 0 radical (unpaired) electrons. The maximum absolute atomic E-state index is 13.4. The Balaban J connectivity index is 1.48. The highest BCUT2D eigenvalue weighted by molar-refractivity contribution is 5.95. The molecule has 29 heavy (non-hydrogen) atoms. The lowest BCUT2D eigenvalue weighted by molar-refractivity contribution is 0.0728. The second-order valence-electron chi connectivity index (χ2n) is 7.18. The number of benzene rings is 1. The quantitative estimate of drug-likeness (QED) is 0.538. The molecule has 0 saturated carbocycles. The number of hydrogen-bond acceptors (Lipinski definition) is 4. The first kappa shape index (κ1) is 17.5. The van der Waals surface area contributed by atoms with Crippen molar-refractivity contribution in [1.29, 1.82) is 0 Å². The van der Waals surface area contributed by atoms with Crippen molar-refractivity contribution in [2.45, 2.75) is 25.8 Å². The van der Waals surface area contributed by atoms with Crippen LogP contribution in [0.4, 0.5) is 4.39 Å². The normalized spacial score (nSPS) is 16.6. The molecule has 4 heterocycles. The van der Waals surface area contributed by atoms with Crippen LogP contribution in [0, 0.1) is 12.7 Å². The summed E-state index contributed by atoms with van der Waals surface area (Å²) in [5, 5.41) is 12.9. The lowest BCUT2D eigenvalue weighted by Gasteiger charge is -2.23. The molecule has 8 heteroatoms. The zero-order valence-electron chi connectivity index (χ0n) is 15.9. The Kier molecular flexibility index (Phi) is 4.12. The Morgan fingerprint density at radius 2 is 1.97 bits per heavy atom. The van der Waals surface area contributed by atoms with Crippen molar-refractivity contribution in [3.8, 4) is 5.69 Å². The number of nitrogens with zero attached hydrogens (tertiary/aromatic N) is 6. The summed E-state index contributed by atoms with van der Waals surface area (Å²) in [7, 11) is 0. The van der Waals surface area contributed by atoms with Gasteiger partial charge in [-0.2, -0.15) is 5.10 Å². The first-order valence-corrected chi connectivity index (χ1v) is 9.54. The predicted molar refractivity (Wildman–Crippen MR) is 104 cm³/mol. The van der Waals surface area contributed by atoms with Gasteiger partial charge in [-0.1, -0.05) is 6.07 Å². The molecule has 1 amide bonds. The molecule has 5 rings (SSSR count). The van der Waals surface area contributed by atoms with Gasteiger partial charge in [-0.3, -0.25) is 9.20 Å². The standard InChI is InChI=1S/C21H19FN6O/c1-14-17(13-23-28(14)16-9-7-15(22)8-10-16)21(29)26-12-4-5-18(26)20-25-24-19-6-2-3-11-27(19)20/h2-3,6-11,13,18H,4-5,12H2,1H3/t18-/m0/s1. The van der Waals surface area contributed by atoms with Crippen LogP contribution in [-0.2, 0) is 0 Å². The molecule has 0 spiro atoms. The van der Waals surface area contributed by atoms with Gasteiger partial charge in [-0.15, -0.1) is 10.2 Å². The fourth-order valence-corrected chi connectivity index (χ4v) is 3.98. The average Bonchev–Trinajstić information content (AvgIpc) is 3.46. The van der Waals surface area contributed by atoms with Crippen molar-refractivity contribution in [1.82, 2.24) is 29.3 Å². The van der Waals surface area contributed by atoms with E-state index >= 15 is 0 Å². The zero-order valence-corrected chi connectivity index (χ0v) is 15.9. The number of hydrogen-bond donors (Lipinski definition) is 0. The van der Waals surface area contributed by atoms with Gasteiger partial charge in [0.05, 0.1) is 29.2 Å². The first-order valence-electron chi connectivity index (χ1n) is 9.54. The Bertz CT molecular complexity index is 1200. The predicted octanol–water partition coefficient (Wildman–Crippen LogP) is 3.34. The largest absolute Gasteiger partial charge is 0.328 e. The van der Waals surface area contributed by atoms with Gasteiger partial charge in [0.1, 0.15) is 5.82 Å². The summed E-state index contributed by atoms with van der Waals surface area (Å²) in [6.45, 7) is 2.51. The number of carbonyl (C=O) groups excluding carboxylic acids is 1. The van der Waals surface area contributed by atoms with Gasteiger partial charge in [0.2, 0.25) is 0 Å². The highest BCUT2D eigenvalue weighted by Crippen LogP contribution is 2.33. The summed E-state index contributed by atoms with van der Waals surface area (Å²) in [5.41, 5.74) is 2.74. The van der Waals surface area contributed by atoms with E-state index in [1.807, 2.05) is 40.6 Å². The van der Waals surface area contributed by atoms with E-state index in [9.17, 15) is 9.18 Å². The molecular formula is C21H19FN6O. The van der Waals surface area contributed by atoms with E-state index in [1.165, 1.54) is 12.1 Å². The number of pyridine rings is 1. The van der Waals surface area contributed by atoms with Gasteiger partial charge in [-0.05, 0) is 56.2 Å². The van der Waals surface area contributed by atoms with E-state index in [0.29, 0.717) is 17.8 Å². The summed E-state index contributed by atoms with van der Waals surface area (Å²) in [4.78, 5) is 15.2. The SMILES string of the molecule is Cc1c(C(=O)N2CCC[C@H]2c2nnc3ccccn23)cnn1-c1ccc(F)cc1. The average molecular weight is 390 g/mol. The second kappa shape index (κ2) is 6.80. The van der Waals surface area contributed by atoms with Crippen LogP contribution in [0.15, 0.2) is 54.9 Å². The Morgan fingerprint density at radius 1 is 1.14 bits per heavy atom. The van der Waals surface area contributed by atoms with Gasteiger partial charge in [0, 0.05) is 12.7 Å². The Morgan fingerprint density at radius 3 is 2.79 bits per heavy atom. The van der Waals surface area contributed by atoms with Gasteiger partial charge < -0.3 is 4.90 Å². The van der Waals surface area contributed by atoms with Crippen LogP contribution < -0.4 is 0 Å². The van der Waals surface area contributed by atoms with Crippen molar-refractivity contribution >= 4 is 11.6 Å². The molecule has 3 aromatic heterocycles. The molecule has 4 aromatic rings. The first-order chi connectivity index (χ1) is 14.1. The van der Waals surface area contributed by atoms with Crippen molar-refractivity contribution in [2.75, 3.05) is 6.54 Å². The summed E-state index contributed by atoms with van der Waals surface area (Å²) in [5.74, 6) is 0.386. The molecule has 1 aliphatic heterocycles. The van der Waals surface area contributed by atoms with E-state index in [0.717, 1.165) is 30.0 Å². The molecular weight excluding hydrogens is 371 g/mol. The molecule has 1 aromatic carbocycles. The van der Waals surface area contributed by atoms with Crippen molar-refractivity contribution in [3.63, 3.8) is 0 Å². The number of likely N-dealkylation sites (tertiary alicyclic amines) is 1. The molecule has 0 N–H and O–H groups in total. The summed E-state index contributed by atoms with van der Waals surface area (Å²) in [6, 6.07) is 11.7. The lowest BCUT2D eigenvalue weighted by atomic mass is 10.1. The summed E-state index contributed by atoms with van der Waals surface area (Å²) >= 11 is 0. The second-order valence-corrected chi connectivity index (χ2v) is 7.18. The zero-order chi connectivity index (χ0) is 20.0. The molecule has 1 aliphatic rings. The summed E-state index contributed by atoms with van der Waals surface area (Å²) in [6.07, 6.45) is 5.25. The van der Waals surface area contributed by atoms with E-state index in [1.54, 1.807) is 23.0 Å². The molecule has 146 valence electrons. The number of amides is 1. The molecule has 0 aliphatic carbocycles. The van der Waals surface area contributed by atoms with Crippen LogP contribution in [0.1, 0.15) is 40.8 Å². The van der Waals surface area contributed by atoms with Crippen LogP contribution in [0.2, 0.25) is 0 Å². The number of aromatic nitrogens is 5. The number of carbonyl (C=O) groups is 1. The van der Waals surface area contributed by atoms with Crippen molar-refractivity contribution < 1.29 is 9.18 Å². The molecule has 1 atom stereocenters. The van der Waals surface area contributed by atoms with E-state index in [2.05, 4.69) is 15.3 Å².